The first kappa shape index (κ1) is 16.4. The van der Waals surface area contributed by atoms with Crippen molar-refractivity contribution in [3.8, 4) is 45.5 Å². The first-order valence-corrected chi connectivity index (χ1v) is 8.72. The quantitative estimate of drug-likeness (QED) is 0.540. The fraction of sp³-hybridized carbons (Fsp3) is 0.143. The van der Waals surface area contributed by atoms with Gasteiger partial charge in [0.1, 0.15) is 11.5 Å². The molecule has 2 aromatic carbocycles. The highest BCUT2D eigenvalue weighted by molar-refractivity contribution is 5.70. The first-order valence-electron chi connectivity index (χ1n) is 8.72. The highest BCUT2D eigenvalue weighted by Crippen LogP contribution is 2.36. The summed E-state index contributed by atoms with van der Waals surface area (Å²) < 4.78 is 23.7. The second-order valence-corrected chi connectivity index (χ2v) is 6.31. The summed E-state index contributed by atoms with van der Waals surface area (Å²) in [5.74, 6) is 2.90. The van der Waals surface area contributed by atoms with Gasteiger partial charge in [0.25, 0.3) is 0 Å². The van der Waals surface area contributed by atoms with Crippen molar-refractivity contribution in [2.24, 2.45) is 0 Å². The molecule has 0 bridgehead atoms. The molecule has 7 heteroatoms. The predicted octanol–water partition coefficient (Wildman–Crippen LogP) is 3.81. The second-order valence-electron chi connectivity index (χ2n) is 6.31. The van der Waals surface area contributed by atoms with Crippen molar-refractivity contribution in [2.75, 3.05) is 21.0 Å². The Labute approximate surface area is 161 Å². The molecule has 0 unspecified atom stereocenters. The van der Waals surface area contributed by atoms with Crippen molar-refractivity contribution in [3.63, 3.8) is 0 Å². The van der Waals surface area contributed by atoms with Crippen LogP contribution >= 0.6 is 0 Å². The van der Waals surface area contributed by atoms with E-state index in [-0.39, 0.29) is 6.79 Å². The number of rotatable bonds is 4. The SMILES string of the molecule is COc1cc(OC)cc(-c2cn3c(-c4ccc5c(c4)OCO5)cnc3cn2)c1. The van der Waals surface area contributed by atoms with Crippen molar-refractivity contribution in [1.82, 2.24) is 14.4 Å². The van der Waals surface area contributed by atoms with E-state index in [0.29, 0.717) is 11.5 Å². The Morgan fingerprint density at radius 1 is 0.857 bits per heavy atom. The highest BCUT2D eigenvalue weighted by Gasteiger charge is 2.16. The van der Waals surface area contributed by atoms with E-state index in [4.69, 9.17) is 18.9 Å². The minimum Gasteiger partial charge on any atom is -0.497 e. The molecule has 0 amide bonds. The van der Waals surface area contributed by atoms with E-state index in [1.54, 1.807) is 20.4 Å². The number of benzene rings is 2. The minimum atomic E-state index is 0.248. The highest BCUT2D eigenvalue weighted by atomic mass is 16.7. The number of ether oxygens (including phenoxy) is 4. The molecular formula is C21H17N3O4. The fourth-order valence-corrected chi connectivity index (χ4v) is 3.26. The monoisotopic (exact) mass is 375 g/mol. The first-order chi connectivity index (χ1) is 13.7. The lowest BCUT2D eigenvalue weighted by Gasteiger charge is -2.09. The lowest BCUT2D eigenvalue weighted by Crippen LogP contribution is -1.94. The third-order valence-electron chi connectivity index (χ3n) is 4.71. The molecule has 0 N–H and O–H groups in total. The Hall–Kier alpha value is -3.74. The van der Waals surface area contributed by atoms with Gasteiger partial charge in [-0.2, -0.15) is 0 Å². The van der Waals surface area contributed by atoms with Crippen LogP contribution in [0.25, 0.3) is 28.2 Å². The van der Waals surface area contributed by atoms with Crippen LogP contribution in [0.5, 0.6) is 23.0 Å². The standard InChI is InChI=1S/C21H17N3O4/c1-25-15-5-14(6-16(8-15)26-2)17-11-24-18(9-23-21(24)10-22-17)13-3-4-19-20(7-13)28-12-27-19/h3-11H,12H2,1-2H3. The maximum Gasteiger partial charge on any atom is 0.231 e. The molecule has 5 rings (SSSR count). The van der Waals surface area contributed by atoms with Crippen molar-refractivity contribution < 1.29 is 18.9 Å². The zero-order valence-corrected chi connectivity index (χ0v) is 15.4. The minimum absolute atomic E-state index is 0.248. The van der Waals surface area contributed by atoms with Crippen LogP contribution in [0.1, 0.15) is 0 Å². The molecule has 0 spiro atoms. The largest absolute Gasteiger partial charge is 0.497 e. The Morgan fingerprint density at radius 3 is 2.43 bits per heavy atom. The number of methoxy groups -OCH3 is 2. The van der Waals surface area contributed by atoms with Crippen LogP contribution in [0.4, 0.5) is 0 Å². The summed E-state index contributed by atoms with van der Waals surface area (Å²) in [5.41, 5.74) is 4.35. The van der Waals surface area contributed by atoms with Crippen molar-refractivity contribution in [2.45, 2.75) is 0 Å². The average Bonchev–Trinajstić information content (AvgIpc) is 3.38. The van der Waals surface area contributed by atoms with E-state index < -0.39 is 0 Å². The molecule has 0 saturated heterocycles. The van der Waals surface area contributed by atoms with Gasteiger partial charge in [0.15, 0.2) is 17.1 Å². The Balaban J connectivity index is 1.63. The molecule has 2 aromatic heterocycles. The summed E-state index contributed by atoms with van der Waals surface area (Å²) in [6.45, 7) is 0.248. The normalized spacial score (nSPS) is 12.4. The lowest BCUT2D eigenvalue weighted by atomic mass is 10.1. The molecule has 0 aliphatic carbocycles. The molecule has 1 aliphatic rings. The average molecular weight is 375 g/mol. The second kappa shape index (κ2) is 6.45. The molecule has 140 valence electrons. The Kier molecular flexibility index (Phi) is 3.79. The van der Waals surface area contributed by atoms with E-state index >= 15 is 0 Å². The summed E-state index contributed by atoms with van der Waals surface area (Å²) in [4.78, 5) is 9.02. The molecule has 1 aliphatic heterocycles. The van der Waals surface area contributed by atoms with Gasteiger partial charge in [-0.1, -0.05) is 0 Å². The zero-order chi connectivity index (χ0) is 19.1. The number of hydrogen-bond acceptors (Lipinski definition) is 6. The summed E-state index contributed by atoms with van der Waals surface area (Å²) >= 11 is 0. The van der Waals surface area contributed by atoms with E-state index in [0.717, 1.165) is 39.7 Å². The molecule has 0 fully saturated rings. The molecule has 28 heavy (non-hydrogen) atoms. The molecule has 4 aromatic rings. The number of nitrogens with zero attached hydrogens (tertiary/aromatic N) is 3. The molecule has 0 radical (unpaired) electrons. The van der Waals surface area contributed by atoms with Crippen LogP contribution in [0.15, 0.2) is 55.0 Å². The van der Waals surface area contributed by atoms with Crippen LogP contribution in [0.3, 0.4) is 0 Å². The van der Waals surface area contributed by atoms with E-state index in [1.165, 1.54) is 0 Å². The van der Waals surface area contributed by atoms with Gasteiger partial charge in [-0.15, -0.1) is 0 Å². The van der Waals surface area contributed by atoms with Crippen molar-refractivity contribution in [1.29, 1.82) is 0 Å². The molecule has 3 heterocycles. The Bertz CT molecular complexity index is 1160. The van der Waals surface area contributed by atoms with Gasteiger partial charge in [0, 0.05) is 23.4 Å². The maximum absolute atomic E-state index is 5.50. The van der Waals surface area contributed by atoms with Crippen molar-refractivity contribution in [3.05, 3.63) is 55.0 Å². The molecular weight excluding hydrogens is 358 g/mol. The number of fused-ring (bicyclic) bond motifs is 2. The van der Waals surface area contributed by atoms with Gasteiger partial charge in [-0.05, 0) is 30.3 Å². The van der Waals surface area contributed by atoms with Gasteiger partial charge >= 0.3 is 0 Å². The maximum atomic E-state index is 5.50. The van der Waals surface area contributed by atoms with Crippen LogP contribution in [0, 0.1) is 0 Å². The molecule has 0 saturated carbocycles. The Morgan fingerprint density at radius 2 is 1.64 bits per heavy atom. The van der Waals surface area contributed by atoms with Gasteiger partial charge in [0.05, 0.1) is 38.0 Å². The van der Waals surface area contributed by atoms with Gasteiger partial charge in [-0.3, -0.25) is 9.38 Å². The predicted molar refractivity (Wildman–Crippen MR) is 103 cm³/mol. The third-order valence-corrected chi connectivity index (χ3v) is 4.71. The summed E-state index contributed by atoms with van der Waals surface area (Å²) in [6.07, 6.45) is 5.53. The summed E-state index contributed by atoms with van der Waals surface area (Å²) in [6, 6.07) is 11.5. The molecule has 7 nitrogen and oxygen atoms in total. The summed E-state index contributed by atoms with van der Waals surface area (Å²) in [5, 5.41) is 0. The van der Waals surface area contributed by atoms with Crippen LogP contribution in [-0.2, 0) is 0 Å². The number of aromatic nitrogens is 3. The topological polar surface area (TPSA) is 67.1 Å². The zero-order valence-electron chi connectivity index (χ0n) is 15.4. The fourth-order valence-electron chi connectivity index (χ4n) is 3.26. The van der Waals surface area contributed by atoms with Crippen LogP contribution < -0.4 is 18.9 Å². The lowest BCUT2D eigenvalue weighted by molar-refractivity contribution is 0.174. The van der Waals surface area contributed by atoms with Gasteiger partial charge in [-0.25, -0.2) is 4.98 Å². The van der Waals surface area contributed by atoms with E-state index in [2.05, 4.69) is 9.97 Å². The number of imidazole rings is 1. The van der Waals surface area contributed by atoms with Crippen LogP contribution in [-0.4, -0.2) is 35.4 Å². The summed E-state index contributed by atoms with van der Waals surface area (Å²) in [7, 11) is 3.26. The van der Waals surface area contributed by atoms with E-state index in [9.17, 15) is 0 Å². The van der Waals surface area contributed by atoms with Crippen molar-refractivity contribution >= 4 is 5.65 Å². The smallest absolute Gasteiger partial charge is 0.231 e. The number of hydrogen-bond donors (Lipinski definition) is 0. The van der Waals surface area contributed by atoms with Crippen LogP contribution in [0.2, 0.25) is 0 Å². The third kappa shape index (κ3) is 2.68. The molecule has 0 atom stereocenters. The van der Waals surface area contributed by atoms with Gasteiger partial charge in [0.2, 0.25) is 6.79 Å². The van der Waals surface area contributed by atoms with E-state index in [1.807, 2.05) is 53.2 Å². The van der Waals surface area contributed by atoms with Gasteiger partial charge < -0.3 is 18.9 Å².